The quantitative estimate of drug-likeness (QED) is 0.325. The summed E-state index contributed by atoms with van der Waals surface area (Å²) >= 11 is 1.17. The van der Waals surface area contributed by atoms with E-state index in [1.54, 1.807) is 18.2 Å². The molecule has 3 rings (SSSR count). The Labute approximate surface area is 160 Å². The largest absolute Gasteiger partial charge is 0.493 e. The lowest BCUT2D eigenvalue weighted by Gasteiger charge is -2.11. The van der Waals surface area contributed by atoms with Crippen LogP contribution in [0.25, 0.3) is 11.1 Å². The molecule has 140 valence electrons. The summed E-state index contributed by atoms with van der Waals surface area (Å²) in [5, 5.41) is 0.418. The molecule has 6 nitrogen and oxygen atoms in total. The number of para-hydroxylation sites is 2. The van der Waals surface area contributed by atoms with E-state index in [0.717, 1.165) is 5.52 Å². The van der Waals surface area contributed by atoms with Gasteiger partial charge in [-0.3, -0.25) is 9.59 Å². The van der Waals surface area contributed by atoms with Crippen LogP contribution in [0.15, 0.2) is 52.1 Å². The van der Waals surface area contributed by atoms with Gasteiger partial charge in [0.25, 0.3) is 5.22 Å². The van der Waals surface area contributed by atoms with E-state index in [2.05, 4.69) is 4.98 Å². The first kappa shape index (κ1) is 19.0. The van der Waals surface area contributed by atoms with E-state index < -0.39 is 5.97 Å². The molecule has 0 amide bonds. The van der Waals surface area contributed by atoms with Crippen molar-refractivity contribution in [1.29, 1.82) is 0 Å². The Bertz CT molecular complexity index is 933. The lowest BCUT2D eigenvalue weighted by Crippen LogP contribution is -2.09. The molecule has 0 fully saturated rings. The molecule has 0 radical (unpaired) electrons. The second kappa shape index (κ2) is 8.73. The minimum atomic E-state index is -0.405. The number of carbonyl (C=O) groups excluding carboxylic acids is 2. The van der Waals surface area contributed by atoms with Gasteiger partial charge in [-0.15, -0.1) is 0 Å². The lowest BCUT2D eigenvalue weighted by atomic mass is 10.1. The molecule has 0 aliphatic rings. The van der Waals surface area contributed by atoms with Crippen LogP contribution in [-0.2, 0) is 16.1 Å². The second-order valence-corrected chi connectivity index (χ2v) is 6.64. The van der Waals surface area contributed by atoms with Crippen molar-refractivity contribution in [1.82, 2.24) is 4.98 Å². The average molecular weight is 385 g/mol. The highest BCUT2D eigenvalue weighted by molar-refractivity contribution is 7.99. The fourth-order valence-electron chi connectivity index (χ4n) is 2.44. The number of oxazole rings is 1. The molecule has 0 bridgehead atoms. The summed E-state index contributed by atoms with van der Waals surface area (Å²) in [5.74, 6) is 0.209. The highest BCUT2D eigenvalue weighted by atomic mass is 32.2. The lowest BCUT2D eigenvalue weighted by molar-refractivity contribution is -0.141. The molecule has 0 saturated heterocycles. The van der Waals surface area contributed by atoms with Gasteiger partial charge in [-0.25, -0.2) is 4.98 Å². The third-order valence-electron chi connectivity index (χ3n) is 3.74. The van der Waals surface area contributed by atoms with E-state index >= 15 is 0 Å². The van der Waals surface area contributed by atoms with Crippen molar-refractivity contribution >= 4 is 34.6 Å². The zero-order chi connectivity index (χ0) is 19.2. The van der Waals surface area contributed by atoms with Crippen molar-refractivity contribution in [3.05, 3.63) is 53.6 Å². The molecule has 2 aromatic carbocycles. The van der Waals surface area contributed by atoms with Crippen molar-refractivity contribution in [3.8, 4) is 5.75 Å². The maximum atomic E-state index is 12.1. The van der Waals surface area contributed by atoms with Gasteiger partial charge in [0.2, 0.25) is 0 Å². The Balaban J connectivity index is 1.59. The molecule has 0 N–H and O–H groups in total. The van der Waals surface area contributed by atoms with E-state index in [0.29, 0.717) is 34.3 Å². The Hall–Kier alpha value is -2.80. The molecule has 0 aliphatic carbocycles. The van der Waals surface area contributed by atoms with Crippen molar-refractivity contribution in [3.63, 3.8) is 0 Å². The second-order valence-electron chi connectivity index (χ2n) is 5.71. The van der Waals surface area contributed by atoms with E-state index in [-0.39, 0.29) is 18.1 Å². The van der Waals surface area contributed by atoms with Crippen LogP contribution in [0.1, 0.15) is 29.8 Å². The summed E-state index contributed by atoms with van der Waals surface area (Å²) in [5.41, 5.74) is 2.63. The molecule has 3 aromatic rings. The van der Waals surface area contributed by atoms with Gasteiger partial charge in [-0.1, -0.05) is 23.9 Å². The minimum absolute atomic E-state index is 0.0312. The predicted octanol–water partition coefficient (Wildman–Crippen LogP) is 4.26. The average Bonchev–Trinajstić information content (AvgIpc) is 3.08. The molecule has 1 aromatic heterocycles. The van der Waals surface area contributed by atoms with Crippen molar-refractivity contribution in [2.75, 3.05) is 12.4 Å². The van der Waals surface area contributed by atoms with E-state index in [1.165, 1.54) is 18.7 Å². The molecule has 0 spiro atoms. The standard InChI is InChI=1S/C20H19NO5S/c1-3-24-17-9-8-14(13(2)22)10-15(17)11-25-19(23)12-27-20-21-16-6-4-5-7-18(16)26-20/h4-10H,3,11-12H2,1-2H3. The third-order valence-corrected chi connectivity index (χ3v) is 4.54. The van der Waals surface area contributed by atoms with Crippen LogP contribution in [0.3, 0.4) is 0 Å². The van der Waals surface area contributed by atoms with Gasteiger partial charge in [0.1, 0.15) is 23.6 Å². The predicted molar refractivity (Wildman–Crippen MR) is 102 cm³/mol. The van der Waals surface area contributed by atoms with Crippen LogP contribution in [-0.4, -0.2) is 29.1 Å². The molecule has 0 aliphatic heterocycles. The fourth-order valence-corrected chi connectivity index (χ4v) is 3.08. The monoisotopic (exact) mass is 385 g/mol. The normalized spacial score (nSPS) is 10.7. The van der Waals surface area contributed by atoms with E-state index in [4.69, 9.17) is 13.9 Å². The topological polar surface area (TPSA) is 78.6 Å². The molecule has 0 atom stereocenters. The molecular formula is C20H19NO5S. The zero-order valence-corrected chi connectivity index (χ0v) is 15.9. The number of hydrogen-bond acceptors (Lipinski definition) is 7. The number of nitrogens with zero attached hydrogens (tertiary/aromatic N) is 1. The van der Waals surface area contributed by atoms with Gasteiger partial charge in [0.15, 0.2) is 11.4 Å². The Morgan fingerprint density at radius 3 is 2.74 bits per heavy atom. The Morgan fingerprint density at radius 1 is 1.19 bits per heavy atom. The number of hydrogen-bond donors (Lipinski definition) is 0. The molecule has 0 saturated carbocycles. The first-order chi connectivity index (χ1) is 13.1. The first-order valence-corrected chi connectivity index (χ1v) is 9.46. The number of esters is 1. The summed E-state index contributed by atoms with van der Waals surface area (Å²) < 4.78 is 16.4. The van der Waals surface area contributed by atoms with Crippen molar-refractivity contribution in [2.24, 2.45) is 0 Å². The van der Waals surface area contributed by atoms with Gasteiger partial charge < -0.3 is 13.9 Å². The highest BCUT2D eigenvalue weighted by Gasteiger charge is 2.13. The number of benzene rings is 2. The third kappa shape index (κ3) is 4.89. The fraction of sp³-hybridized carbons (Fsp3) is 0.250. The van der Waals surface area contributed by atoms with Gasteiger partial charge in [0, 0.05) is 11.1 Å². The van der Waals surface area contributed by atoms with Crippen molar-refractivity contribution < 1.29 is 23.5 Å². The first-order valence-electron chi connectivity index (χ1n) is 8.47. The molecule has 1 heterocycles. The summed E-state index contributed by atoms with van der Waals surface area (Å²) in [6.07, 6.45) is 0. The molecule has 27 heavy (non-hydrogen) atoms. The smallest absolute Gasteiger partial charge is 0.316 e. The summed E-state index contributed by atoms with van der Waals surface area (Å²) in [4.78, 5) is 27.9. The SMILES string of the molecule is CCOc1ccc(C(C)=O)cc1COC(=O)CSc1nc2ccccc2o1. The number of aromatic nitrogens is 1. The van der Waals surface area contributed by atoms with Crippen LogP contribution in [0.4, 0.5) is 0 Å². The minimum Gasteiger partial charge on any atom is -0.493 e. The van der Waals surface area contributed by atoms with E-state index in [1.807, 2.05) is 31.2 Å². The van der Waals surface area contributed by atoms with Crippen LogP contribution in [0.2, 0.25) is 0 Å². The molecule has 0 unspecified atom stereocenters. The number of carbonyl (C=O) groups is 2. The number of ether oxygens (including phenoxy) is 2. The van der Waals surface area contributed by atoms with Gasteiger partial charge in [-0.2, -0.15) is 0 Å². The van der Waals surface area contributed by atoms with Crippen LogP contribution < -0.4 is 4.74 Å². The summed E-state index contributed by atoms with van der Waals surface area (Å²) in [6, 6.07) is 12.5. The number of Topliss-reactive ketones (excluding diaryl/α,β-unsaturated/α-hetero) is 1. The van der Waals surface area contributed by atoms with Crippen LogP contribution in [0, 0.1) is 0 Å². The summed E-state index contributed by atoms with van der Waals surface area (Å²) in [6.45, 7) is 3.87. The number of rotatable bonds is 8. The van der Waals surface area contributed by atoms with Gasteiger partial charge in [0.05, 0.1) is 6.61 Å². The zero-order valence-electron chi connectivity index (χ0n) is 15.1. The highest BCUT2D eigenvalue weighted by Crippen LogP contribution is 2.24. The number of fused-ring (bicyclic) bond motifs is 1. The van der Waals surface area contributed by atoms with Crippen LogP contribution >= 0.6 is 11.8 Å². The Morgan fingerprint density at radius 2 is 2.00 bits per heavy atom. The summed E-state index contributed by atoms with van der Waals surface area (Å²) in [7, 11) is 0. The number of thioether (sulfide) groups is 1. The molecule has 7 heteroatoms. The van der Waals surface area contributed by atoms with E-state index in [9.17, 15) is 9.59 Å². The molecular weight excluding hydrogens is 366 g/mol. The van der Waals surface area contributed by atoms with Crippen LogP contribution in [0.5, 0.6) is 5.75 Å². The van der Waals surface area contributed by atoms with Gasteiger partial charge in [-0.05, 0) is 44.2 Å². The van der Waals surface area contributed by atoms with Crippen molar-refractivity contribution in [2.45, 2.75) is 25.7 Å². The Kier molecular flexibility index (Phi) is 6.13. The number of ketones is 1. The maximum Gasteiger partial charge on any atom is 0.316 e. The maximum absolute atomic E-state index is 12.1. The van der Waals surface area contributed by atoms with Gasteiger partial charge >= 0.3 is 5.97 Å².